The zero-order valence-electron chi connectivity index (χ0n) is 17.3. The Balaban J connectivity index is 1.63. The third-order valence-corrected chi connectivity index (χ3v) is 5.17. The molecule has 2 aromatic rings. The lowest BCUT2D eigenvalue weighted by Crippen LogP contribution is -2.48. The molecule has 1 heterocycles. The van der Waals surface area contributed by atoms with Crippen LogP contribution in [0.25, 0.3) is 11.1 Å². The van der Waals surface area contributed by atoms with Gasteiger partial charge in [-0.05, 0) is 35.7 Å². The van der Waals surface area contributed by atoms with Crippen molar-refractivity contribution >= 4 is 11.9 Å². The first-order chi connectivity index (χ1) is 14.5. The lowest BCUT2D eigenvalue weighted by molar-refractivity contribution is -0.145. The summed E-state index contributed by atoms with van der Waals surface area (Å²) in [5.74, 6) is -1.13. The van der Waals surface area contributed by atoms with Gasteiger partial charge in [-0.2, -0.15) is 0 Å². The number of hydrogen-bond donors (Lipinski definition) is 2. The van der Waals surface area contributed by atoms with Gasteiger partial charge in [0.25, 0.3) is 5.91 Å². The highest BCUT2D eigenvalue weighted by Gasteiger charge is 2.26. The number of esters is 1. The summed E-state index contributed by atoms with van der Waals surface area (Å²) in [7, 11) is 1.21. The minimum Gasteiger partial charge on any atom is -0.467 e. The molecule has 0 bridgehead atoms. The fourth-order valence-corrected chi connectivity index (χ4v) is 3.36. The number of rotatable bonds is 7. The quantitative estimate of drug-likeness (QED) is 0.675. The molecule has 1 saturated heterocycles. The minimum atomic E-state index is -1.11. The van der Waals surface area contributed by atoms with Gasteiger partial charge >= 0.3 is 5.97 Å². The highest BCUT2D eigenvalue weighted by Crippen LogP contribution is 2.21. The molecule has 0 radical (unpaired) electrons. The summed E-state index contributed by atoms with van der Waals surface area (Å²) in [6.45, 7) is 5.82. The lowest BCUT2D eigenvalue weighted by atomic mass is 10.0. The number of nitrogens with zero attached hydrogens (tertiary/aromatic N) is 1. The maximum Gasteiger partial charge on any atom is 0.331 e. The molecule has 2 atom stereocenters. The molecule has 0 saturated carbocycles. The van der Waals surface area contributed by atoms with E-state index in [1.807, 2.05) is 12.1 Å². The maximum atomic E-state index is 12.4. The molecule has 1 aliphatic heterocycles. The van der Waals surface area contributed by atoms with E-state index in [4.69, 9.17) is 4.74 Å². The van der Waals surface area contributed by atoms with Crippen LogP contribution in [0.3, 0.4) is 0 Å². The van der Waals surface area contributed by atoms with Crippen LogP contribution in [0.5, 0.6) is 0 Å². The molecule has 2 aromatic carbocycles. The Labute approximate surface area is 176 Å². The predicted octanol–water partition coefficient (Wildman–Crippen LogP) is 1.84. The SMILES string of the molecule is COC(=O)[C@@H](NC(=O)c1ccc(-c2ccc(CN3CCOCC3)cc2)cc1)[C@@H](C)O. The zero-order valence-corrected chi connectivity index (χ0v) is 17.3. The van der Waals surface area contributed by atoms with Crippen LogP contribution in [0.1, 0.15) is 22.8 Å². The van der Waals surface area contributed by atoms with E-state index in [1.165, 1.54) is 19.6 Å². The summed E-state index contributed by atoms with van der Waals surface area (Å²) >= 11 is 0. The van der Waals surface area contributed by atoms with Crippen molar-refractivity contribution in [3.8, 4) is 11.1 Å². The number of aliphatic hydroxyl groups is 1. The molecule has 7 nitrogen and oxygen atoms in total. The Hall–Kier alpha value is -2.74. The first-order valence-electron chi connectivity index (χ1n) is 10.0. The third-order valence-electron chi connectivity index (χ3n) is 5.17. The summed E-state index contributed by atoms with van der Waals surface area (Å²) in [5.41, 5.74) is 3.70. The topological polar surface area (TPSA) is 88.1 Å². The normalized spacial score (nSPS) is 16.5. The number of carbonyl (C=O) groups is 2. The van der Waals surface area contributed by atoms with Gasteiger partial charge in [-0.15, -0.1) is 0 Å². The van der Waals surface area contributed by atoms with Gasteiger partial charge in [0.1, 0.15) is 0 Å². The molecule has 0 unspecified atom stereocenters. The van der Waals surface area contributed by atoms with E-state index in [1.54, 1.807) is 12.1 Å². The van der Waals surface area contributed by atoms with Gasteiger partial charge in [0, 0.05) is 25.2 Å². The van der Waals surface area contributed by atoms with Crippen molar-refractivity contribution in [1.82, 2.24) is 10.2 Å². The van der Waals surface area contributed by atoms with Crippen LogP contribution in [0.4, 0.5) is 0 Å². The Kier molecular flexibility index (Phi) is 7.57. The number of methoxy groups -OCH3 is 1. The van der Waals surface area contributed by atoms with E-state index in [9.17, 15) is 14.7 Å². The number of aliphatic hydroxyl groups excluding tert-OH is 1. The second-order valence-electron chi connectivity index (χ2n) is 7.38. The molecular formula is C23H28N2O5. The van der Waals surface area contributed by atoms with Crippen molar-refractivity contribution in [3.63, 3.8) is 0 Å². The molecule has 1 fully saturated rings. The van der Waals surface area contributed by atoms with Crippen molar-refractivity contribution in [2.45, 2.75) is 25.6 Å². The molecular weight excluding hydrogens is 384 g/mol. The molecule has 2 N–H and O–H groups in total. The number of benzene rings is 2. The average molecular weight is 412 g/mol. The van der Waals surface area contributed by atoms with E-state index in [0.717, 1.165) is 44.0 Å². The van der Waals surface area contributed by atoms with Crippen LogP contribution in [0, 0.1) is 0 Å². The minimum absolute atomic E-state index is 0.400. The highest BCUT2D eigenvalue weighted by molar-refractivity contribution is 5.97. The first kappa shape index (κ1) is 22.0. The van der Waals surface area contributed by atoms with Gasteiger partial charge in [-0.1, -0.05) is 36.4 Å². The molecule has 0 aromatic heterocycles. The monoisotopic (exact) mass is 412 g/mol. The summed E-state index contributed by atoms with van der Waals surface area (Å²) in [5, 5.41) is 12.2. The van der Waals surface area contributed by atoms with Crippen LogP contribution >= 0.6 is 0 Å². The predicted molar refractivity (Wildman–Crippen MR) is 113 cm³/mol. The van der Waals surface area contributed by atoms with Gasteiger partial charge in [-0.25, -0.2) is 4.79 Å². The number of amides is 1. The third kappa shape index (κ3) is 5.66. The Morgan fingerprint density at radius 2 is 1.63 bits per heavy atom. The molecule has 1 amide bonds. The summed E-state index contributed by atoms with van der Waals surface area (Å²) < 4.78 is 10.0. The van der Waals surface area contributed by atoms with Crippen LogP contribution in [0.2, 0.25) is 0 Å². The van der Waals surface area contributed by atoms with E-state index < -0.39 is 24.0 Å². The number of ether oxygens (including phenoxy) is 2. The van der Waals surface area contributed by atoms with Crippen LogP contribution < -0.4 is 5.32 Å². The number of morpholine rings is 1. The molecule has 7 heteroatoms. The van der Waals surface area contributed by atoms with E-state index in [2.05, 4.69) is 39.2 Å². The highest BCUT2D eigenvalue weighted by atomic mass is 16.5. The Morgan fingerprint density at radius 1 is 1.07 bits per heavy atom. The van der Waals surface area contributed by atoms with Crippen LogP contribution in [-0.4, -0.2) is 67.4 Å². The van der Waals surface area contributed by atoms with Gasteiger partial charge in [0.2, 0.25) is 0 Å². The largest absolute Gasteiger partial charge is 0.467 e. The zero-order chi connectivity index (χ0) is 21.5. The lowest BCUT2D eigenvalue weighted by Gasteiger charge is -2.26. The number of nitrogens with one attached hydrogen (secondary N) is 1. The van der Waals surface area contributed by atoms with E-state index in [-0.39, 0.29) is 0 Å². The molecule has 1 aliphatic rings. The second-order valence-corrected chi connectivity index (χ2v) is 7.38. The Morgan fingerprint density at radius 3 is 2.17 bits per heavy atom. The smallest absolute Gasteiger partial charge is 0.331 e. The fraction of sp³-hybridized carbons (Fsp3) is 0.391. The van der Waals surface area contributed by atoms with Gasteiger partial charge in [0.05, 0.1) is 26.4 Å². The van der Waals surface area contributed by atoms with E-state index >= 15 is 0 Å². The van der Waals surface area contributed by atoms with Crippen molar-refractivity contribution in [3.05, 3.63) is 59.7 Å². The molecule has 160 valence electrons. The van der Waals surface area contributed by atoms with Gasteiger partial charge in [0.15, 0.2) is 6.04 Å². The summed E-state index contributed by atoms with van der Waals surface area (Å²) in [4.78, 5) is 26.5. The van der Waals surface area contributed by atoms with Crippen molar-refractivity contribution < 1.29 is 24.2 Å². The van der Waals surface area contributed by atoms with E-state index in [0.29, 0.717) is 5.56 Å². The molecule has 3 rings (SSSR count). The molecule has 0 aliphatic carbocycles. The van der Waals surface area contributed by atoms with Gasteiger partial charge < -0.3 is 19.9 Å². The second kappa shape index (κ2) is 10.3. The van der Waals surface area contributed by atoms with Crippen molar-refractivity contribution in [2.75, 3.05) is 33.4 Å². The van der Waals surface area contributed by atoms with Crippen LogP contribution in [0.15, 0.2) is 48.5 Å². The first-order valence-corrected chi connectivity index (χ1v) is 10.0. The molecule has 0 spiro atoms. The molecule has 30 heavy (non-hydrogen) atoms. The number of carbonyl (C=O) groups excluding carboxylic acids is 2. The van der Waals surface area contributed by atoms with Crippen molar-refractivity contribution in [1.29, 1.82) is 0 Å². The number of hydrogen-bond acceptors (Lipinski definition) is 6. The Bertz CT molecular complexity index is 843. The average Bonchev–Trinajstić information content (AvgIpc) is 2.78. The fourth-order valence-electron chi connectivity index (χ4n) is 3.36. The summed E-state index contributed by atoms with van der Waals surface area (Å²) in [6, 6.07) is 14.4. The maximum absolute atomic E-state index is 12.4. The van der Waals surface area contributed by atoms with Crippen LogP contribution in [-0.2, 0) is 20.8 Å². The van der Waals surface area contributed by atoms with Crippen molar-refractivity contribution in [2.24, 2.45) is 0 Å². The standard InChI is InChI=1S/C23H28N2O5/c1-16(26)21(23(28)29-2)24-22(27)20-9-7-19(8-10-20)18-5-3-17(4-6-18)15-25-11-13-30-14-12-25/h3-10,16,21,26H,11-15H2,1-2H3,(H,24,27)/t16-,21+/m1/s1. The summed E-state index contributed by atoms with van der Waals surface area (Å²) in [6.07, 6.45) is -1.06. The van der Waals surface area contributed by atoms with Gasteiger partial charge in [-0.3, -0.25) is 9.69 Å².